The fraction of sp³-hybridized carbons (Fsp3) is 0.562. The zero-order valence-corrected chi connectivity index (χ0v) is 14.2. The molecule has 1 rings (SSSR count). The molecule has 23 heavy (non-hydrogen) atoms. The summed E-state index contributed by atoms with van der Waals surface area (Å²) in [4.78, 5) is 20.4. The molecule has 0 aromatic carbocycles. The average Bonchev–Trinajstić information content (AvgIpc) is 2.53. The number of nitrogens with one attached hydrogen (secondary N) is 3. The molecule has 0 atom stereocenters. The highest BCUT2D eigenvalue weighted by molar-refractivity contribution is 5.90. The molecule has 0 unspecified atom stereocenters. The monoisotopic (exact) mass is 321 g/mol. The summed E-state index contributed by atoms with van der Waals surface area (Å²) in [5.41, 5.74) is 1.06. The second kappa shape index (κ2) is 11.4. The summed E-state index contributed by atoms with van der Waals surface area (Å²) in [7, 11) is 1.68. The van der Waals surface area contributed by atoms with Gasteiger partial charge in [0.1, 0.15) is 5.82 Å². The lowest BCUT2D eigenvalue weighted by molar-refractivity contribution is -0.116. The molecule has 0 spiro atoms. The number of carbonyl (C=O) groups excluding carboxylic acids is 1. The molecule has 0 radical (unpaired) electrons. The summed E-state index contributed by atoms with van der Waals surface area (Å²) < 4.78 is 4.99. The fourth-order valence-corrected chi connectivity index (χ4v) is 1.78. The first-order chi connectivity index (χ1) is 11.2. The van der Waals surface area contributed by atoms with Gasteiger partial charge in [-0.1, -0.05) is 6.07 Å². The zero-order valence-electron chi connectivity index (χ0n) is 14.2. The van der Waals surface area contributed by atoms with Gasteiger partial charge in [-0.15, -0.1) is 0 Å². The van der Waals surface area contributed by atoms with Crippen molar-refractivity contribution in [3.63, 3.8) is 0 Å². The Morgan fingerprint density at radius 2 is 2.17 bits per heavy atom. The minimum Gasteiger partial charge on any atom is -0.385 e. The SMILES string of the molecule is CCNC(=NCCCOC)NCCC(=O)Nc1ccc(C)cn1. The van der Waals surface area contributed by atoms with E-state index in [1.165, 1.54) is 0 Å². The van der Waals surface area contributed by atoms with Gasteiger partial charge in [0.25, 0.3) is 0 Å². The Balaban J connectivity index is 2.31. The number of carbonyl (C=O) groups is 1. The number of pyridine rings is 1. The number of anilines is 1. The van der Waals surface area contributed by atoms with Gasteiger partial charge >= 0.3 is 0 Å². The summed E-state index contributed by atoms with van der Waals surface area (Å²) in [5, 5.41) is 9.05. The van der Waals surface area contributed by atoms with Crippen LogP contribution < -0.4 is 16.0 Å². The van der Waals surface area contributed by atoms with Crippen molar-refractivity contribution in [3.05, 3.63) is 23.9 Å². The summed E-state index contributed by atoms with van der Waals surface area (Å²) >= 11 is 0. The number of amides is 1. The van der Waals surface area contributed by atoms with E-state index < -0.39 is 0 Å². The molecule has 3 N–H and O–H groups in total. The number of aromatic nitrogens is 1. The topological polar surface area (TPSA) is 87.6 Å². The molecule has 128 valence electrons. The standard InChI is InChI=1S/C16H27N5O2/c1-4-17-16(18-9-5-11-23-3)19-10-8-15(22)21-14-7-6-13(2)12-20-14/h6-7,12H,4-5,8-11H2,1-3H3,(H2,17,18,19)(H,20,21,22). The van der Waals surface area contributed by atoms with E-state index in [0.717, 1.165) is 18.5 Å². The van der Waals surface area contributed by atoms with Crippen LogP contribution in [0.3, 0.4) is 0 Å². The highest BCUT2D eigenvalue weighted by Crippen LogP contribution is 2.03. The van der Waals surface area contributed by atoms with Crippen molar-refractivity contribution < 1.29 is 9.53 Å². The summed E-state index contributed by atoms with van der Waals surface area (Å²) in [6.45, 7) is 6.61. The Morgan fingerprint density at radius 3 is 2.83 bits per heavy atom. The maximum atomic E-state index is 11.9. The van der Waals surface area contributed by atoms with Gasteiger partial charge in [-0.3, -0.25) is 9.79 Å². The number of methoxy groups -OCH3 is 1. The molecular weight excluding hydrogens is 294 g/mol. The molecule has 1 aromatic rings. The molecule has 1 heterocycles. The first-order valence-corrected chi connectivity index (χ1v) is 7.89. The first kappa shape index (κ1) is 18.9. The molecule has 0 bridgehead atoms. The van der Waals surface area contributed by atoms with Gasteiger partial charge < -0.3 is 20.7 Å². The van der Waals surface area contributed by atoms with E-state index in [9.17, 15) is 4.79 Å². The van der Waals surface area contributed by atoms with E-state index in [1.807, 2.05) is 19.9 Å². The first-order valence-electron chi connectivity index (χ1n) is 7.89. The van der Waals surface area contributed by atoms with Crippen molar-refractivity contribution in [1.82, 2.24) is 15.6 Å². The van der Waals surface area contributed by atoms with Crippen molar-refractivity contribution in [3.8, 4) is 0 Å². The predicted molar refractivity (Wildman–Crippen MR) is 92.7 cm³/mol. The van der Waals surface area contributed by atoms with Gasteiger partial charge in [-0.05, 0) is 31.9 Å². The molecule has 1 amide bonds. The third-order valence-corrected chi connectivity index (χ3v) is 2.94. The largest absolute Gasteiger partial charge is 0.385 e. The number of rotatable bonds is 9. The van der Waals surface area contributed by atoms with Gasteiger partial charge in [0.15, 0.2) is 5.96 Å². The minimum absolute atomic E-state index is 0.0796. The van der Waals surface area contributed by atoms with Crippen LogP contribution in [-0.4, -0.2) is 50.2 Å². The Morgan fingerprint density at radius 1 is 1.35 bits per heavy atom. The number of guanidine groups is 1. The van der Waals surface area contributed by atoms with E-state index in [-0.39, 0.29) is 5.91 Å². The number of ether oxygens (including phenoxy) is 1. The number of nitrogens with zero attached hydrogens (tertiary/aromatic N) is 2. The van der Waals surface area contributed by atoms with E-state index in [0.29, 0.717) is 37.9 Å². The fourth-order valence-electron chi connectivity index (χ4n) is 1.78. The molecule has 0 saturated heterocycles. The van der Waals surface area contributed by atoms with Crippen molar-refractivity contribution in [2.75, 3.05) is 38.7 Å². The number of hydrogen-bond acceptors (Lipinski definition) is 4. The van der Waals surface area contributed by atoms with Crippen molar-refractivity contribution in [2.24, 2.45) is 4.99 Å². The van der Waals surface area contributed by atoms with Gasteiger partial charge in [-0.2, -0.15) is 0 Å². The molecule has 0 saturated carbocycles. The second-order valence-corrected chi connectivity index (χ2v) is 5.05. The van der Waals surface area contributed by atoms with Crippen LogP contribution in [0.5, 0.6) is 0 Å². The Labute approximate surface area is 137 Å². The lowest BCUT2D eigenvalue weighted by Gasteiger charge is -2.11. The average molecular weight is 321 g/mol. The van der Waals surface area contributed by atoms with Crippen LogP contribution in [0.1, 0.15) is 25.3 Å². The maximum Gasteiger partial charge on any atom is 0.227 e. The highest BCUT2D eigenvalue weighted by Gasteiger charge is 2.04. The Hall–Kier alpha value is -2.15. The number of aliphatic imine (C=N–C) groups is 1. The molecule has 7 nitrogen and oxygen atoms in total. The lowest BCUT2D eigenvalue weighted by atomic mass is 10.3. The quantitative estimate of drug-likeness (QED) is 0.363. The smallest absolute Gasteiger partial charge is 0.227 e. The zero-order chi connectivity index (χ0) is 16.9. The predicted octanol–water partition coefficient (Wildman–Crippen LogP) is 1.31. The third-order valence-electron chi connectivity index (χ3n) is 2.94. The van der Waals surface area contributed by atoms with E-state index in [2.05, 4.69) is 25.9 Å². The minimum atomic E-state index is -0.0796. The Kier molecular flexibility index (Phi) is 9.38. The van der Waals surface area contributed by atoms with E-state index in [1.54, 1.807) is 19.4 Å². The van der Waals surface area contributed by atoms with Gasteiger partial charge in [0.05, 0.1) is 0 Å². The van der Waals surface area contributed by atoms with Gasteiger partial charge in [0.2, 0.25) is 5.91 Å². The van der Waals surface area contributed by atoms with Crippen LogP contribution in [0.25, 0.3) is 0 Å². The lowest BCUT2D eigenvalue weighted by Crippen LogP contribution is -2.38. The van der Waals surface area contributed by atoms with Gasteiger partial charge in [-0.25, -0.2) is 4.98 Å². The molecule has 7 heteroatoms. The maximum absolute atomic E-state index is 11.9. The molecule has 0 aliphatic heterocycles. The summed E-state index contributed by atoms with van der Waals surface area (Å²) in [6, 6.07) is 3.71. The summed E-state index contributed by atoms with van der Waals surface area (Å²) in [6.07, 6.45) is 2.94. The Bertz CT molecular complexity index is 488. The van der Waals surface area contributed by atoms with Crippen LogP contribution >= 0.6 is 0 Å². The van der Waals surface area contributed by atoms with E-state index in [4.69, 9.17) is 4.74 Å². The normalized spacial score (nSPS) is 11.2. The molecular formula is C16H27N5O2. The van der Waals surface area contributed by atoms with E-state index >= 15 is 0 Å². The molecule has 0 aliphatic rings. The number of aryl methyl sites for hydroxylation is 1. The van der Waals surface area contributed by atoms with Crippen molar-refractivity contribution in [1.29, 1.82) is 0 Å². The number of hydrogen-bond donors (Lipinski definition) is 3. The van der Waals surface area contributed by atoms with Crippen LogP contribution in [0.4, 0.5) is 5.82 Å². The van der Waals surface area contributed by atoms with Crippen LogP contribution in [0.2, 0.25) is 0 Å². The highest BCUT2D eigenvalue weighted by atomic mass is 16.5. The third kappa shape index (κ3) is 8.77. The molecule has 0 fully saturated rings. The van der Waals surface area contributed by atoms with Crippen LogP contribution in [0, 0.1) is 6.92 Å². The van der Waals surface area contributed by atoms with Crippen molar-refractivity contribution >= 4 is 17.7 Å². The van der Waals surface area contributed by atoms with Crippen LogP contribution in [-0.2, 0) is 9.53 Å². The van der Waals surface area contributed by atoms with Gasteiger partial charge in [0, 0.05) is 46.0 Å². The van der Waals surface area contributed by atoms with Crippen molar-refractivity contribution in [2.45, 2.75) is 26.7 Å². The van der Waals surface area contributed by atoms with Crippen LogP contribution in [0.15, 0.2) is 23.3 Å². The summed E-state index contributed by atoms with van der Waals surface area (Å²) in [5.74, 6) is 1.20. The molecule has 0 aliphatic carbocycles. The second-order valence-electron chi connectivity index (χ2n) is 5.05. The molecule has 1 aromatic heterocycles.